The number of carbonyl (C=O) groups excluding carboxylic acids is 2. The van der Waals surface area contributed by atoms with Crippen LogP contribution in [0.1, 0.15) is 44.7 Å². The van der Waals surface area contributed by atoms with Crippen LogP contribution in [-0.2, 0) is 23.9 Å². The molecule has 11 nitrogen and oxygen atoms in total. The van der Waals surface area contributed by atoms with Gasteiger partial charge in [0.05, 0.1) is 6.04 Å². The van der Waals surface area contributed by atoms with E-state index in [0.29, 0.717) is 6.54 Å². The molecule has 2 atom stereocenters. The smallest absolute Gasteiger partial charge is 0.300 e. The van der Waals surface area contributed by atoms with Gasteiger partial charge in [-0.3, -0.25) is 24.2 Å². The molecule has 1 saturated carbocycles. The summed E-state index contributed by atoms with van der Waals surface area (Å²) in [7, 11) is 0. The van der Waals surface area contributed by atoms with Crippen molar-refractivity contribution in [1.29, 1.82) is 0 Å². The SMILES string of the molecule is CC(=O)O.CC(=O)O.O=C([C@H]1OCC(=O)N(C2CC2)[C@@H]1c1cccnc1)N1CCCNCC1. The van der Waals surface area contributed by atoms with Crippen molar-refractivity contribution >= 4 is 23.8 Å². The van der Waals surface area contributed by atoms with Crippen LogP contribution in [0.25, 0.3) is 0 Å². The molecule has 0 radical (unpaired) electrons. The average molecular weight is 465 g/mol. The Balaban J connectivity index is 0.000000420. The molecule has 3 N–H and O–H groups in total. The maximum Gasteiger partial charge on any atom is 0.300 e. The van der Waals surface area contributed by atoms with Crippen LogP contribution in [0.3, 0.4) is 0 Å². The Morgan fingerprint density at radius 3 is 2.36 bits per heavy atom. The van der Waals surface area contributed by atoms with Gasteiger partial charge in [0.25, 0.3) is 17.8 Å². The molecule has 1 aromatic heterocycles. The molecule has 0 bridgehead atoms. The lowest BCUT2D eigenvalue weighted by Crippen LogP contribution is -2.56. The quantitative estimate of drug-likeness (QED) is 0.582. The van der Waals surface area contributed by atoms with Gasteiger partial charge in [-0.05, 0) is 37.4 Å². The molecule has 2 amide bonds. The third-order valence-electron chi connectivity index (χ3n) is 5.12. The van der Waals surface area contributed by atoms with E-state index in [1.807, 2.05) is 21.9 Å². The summed E-state index contributed by atoms with van der Waals surface area (Å²) < 4.78 is 5.79. The highest BCUT2D eigenvalue weighted by molar-refractivity contribution is 5.87. The maximum atomic E-state index is 13.2. The molecule has 2 saturated heterocycles. The number of morpholine rings is 1. The number of carboxylic acid groups (broad SMARTS) is 2. The zero-order valence-electron chi connectivity index (χ0n) is 19.0. The summed E-state index contributed by atoms with van der Waals surface area (Å²) in [5, 5.41) is 18.1. The summed E-state index contributed by atoms with van der Waals surface area (Å²) in [5.41, 5.74) is 0.869. The molecule has 2 aliphatic heterocycles. The lowest BCUT2D eigenvalue weighted by molar-refractivity contribution is -0.170. The van der Waals surface area contributed by atoms with Gasteiger partial charge < -0.3 is 30.1 Å². The molecule has 0 aromatic carbocycles. The van der Waals surface area contributed by atoms with Crippen LogP contribution >= 0.6 is 0 Å². The van der Waals surface area contributed by atoms with Crippen LogP contribution in [0.5, 0.6) is 0 Å². The number of ether oxygens (including phenoxy) is 1. The van der Waals surface area contributed by atoms with Gasteiger partial charge in [-0.15, -0.1) is 0 Å². The summed E-state index contributed by atoms with van der Waals surface area (Å²) in [6.45, 7) is 5.27. The lowest BCUT2D eigenvalue weighted by atomic mass is 9.97. The van der Waals surface area contributed by atoms with Gasteiger partial charge in [-0.2, -0.15) is 0 Å². The molecular weight excluding hydrogens is 432 g/mol. The van der Waals surface area contributed by atoms with Crippen LogP contribution in [-0.4, -0.2) is 93.7 Å². The first-order valence-corrected chi connectivity index (χ1v) is 10.9. The molecular formula is C22H32N4O7. The van der Waals surface area contributed by atoms with Crippen molar-refractivity contribution in [3.8, 4) is 0 Å². The topological polar surface area (TPSA) is 149 Å². The van der Waals surface area contributed by atoms with E-state index in [1.165, 1.54) is 0 Å². The number of pyridine rings is 1. The molecule has 11 heteroatoms. The molecule has 0 unspecified atom stereocenters. The molecule has 33 heavy (non-hydrogen) atoms. The number of carboxylic acids is 2. The van der Waals surface area contributed by atoms with Crippen molar-refractivity contribution in [3.05, 3.63) is 30.1 Å². The summed E-state index contributed by atoms with van der Waals surface area (Å²) in [6, 6.07) is 3.62. The van der Waals surface area contributed by atoms with E-state index in [2.05, 4.69) is 10.3 Å². The van der Waals surface area contributed by atoms with Gasteiger partial charge in [0.15, 0.2) is 6.10 Å². The molecule has 1 aromatic rings. The Hall–Kier alpha value is -3.05. The van der Waals surface area contributed by atoms with Gasteiger partial charge in [-0.1, -0.05) is 6.07 Å². The average Bonchev–Trinajstić information content (AvgIpc) is 3.60. The van der Waals surface area contributed by atoms with Crippen LogP contribution in [0.4, 0.5) is 0 Å². The number of hydrogen-bond donors (Lipinski definition) is 3. The minimum Gasteiger partial charge on any atom is -0.481 e. The lowest BCUT2D eigenvalue weighted by Gasteiger charge is -2.42. The fourth-order valence-electron chi connectivity index (χ4n) is 3.75. The number of amides is 2. The monoisotopic (exact) mass is 464 g/mol. The fourth-order valence-corrected chi connectivity index (χ4v) is 3.75. The number of nitrogens with one attached hydrogen (secondary N) is 1. The summed E-state index contributed by atoms with van der Waals surface area (Å²) in [6.07, 6.45) is 5.72. The van der Waals surface area contributed by atoms with Gasteiger partial charge >= 0.3 is 0 Å². The summed E-state index contributed by atoms with van der Waals surface area (Å²) in [4.78, 5) is 51.6. The predicted molar refractivity (Wildman–Crippen MR) is 117 cm³/mol. The number of carbonyl (C=O) groups is 4. The standard InChI is InChI=1S/C18H24N4O3.2C2H4O2/c23-15-12-25-17(18(24)21-9-2-7-19-8-10-21)16(22(15)14-4-5-14)13-3-1-6-20-11-13;2*1-2(3)4/h1,3,6,11,14,16-17,19H,2,4-5,7-10,12H2;2*1H3,(H,3,4)/t16-,17+;;/m1../s1. The van der Waals surface area contributed by atoms with E-state index in [-0.39, 0.29) is 30.5 Å². The molecule has 3 aliphatic rings. The molecule has 3 heterocycles. The first-order valence-electron chi connectivity index (χ1n) is 10.9. The van der Waals surface area contributed by atoms with E-state index in [4.69, 9.17) is 24.5 Å². The van der Waals surface area contributed by atoms with E-state index < -0.39 is 18.0 Å². The Bertz CT molecular complexity index is 788. The van der Waals surface area contributed by atoms with Crippen molar-refractivity contribution in [1.82, 2.24) is 20.1 Å². The zero-order valence-corrected chi connectivity index (χ0v) is 19.0. The van der Waals surface area contributed by atoms with Crippen molar-refractivity contribution in [2.24, 2.45) is 0 Å². The third kappa shape index (κ3) is 8.43. The largest absolute Gasteiger partial charge is 0.481 e. The first-order chi connectivity index (χ1) is 15.7. The second kappa shape index (κ2) is 12.9. The van der Waals surface area contributed by atoms with Crippen molar-refractivity contribution in [2.45, 2.75) is 51.3 Å². The van der Waals surface area contributed by atoms with Gasteiger partial charge in [0.1, 0.15) is 6.61 Å². The second-order valence-electron chi connectivity index (χ2n) is 7.96. The van der Waals surface area contributed by atoms with Crippen LogP contribution in [0, 0.1) is 0 Å². The number of nitrogens with zero attached hydrogens (tertiary/aromatic N) is 3. The Kier molecular flexibility index (Phi) is 10.2. The normalized spacial score (nSPS) is 22.7. The van der Waals surface area contributed by atoms with Crippen molar-refractivity contribution in [2.75, 3.05) is 32.8 Å². The zero-order chi connectivity index (χ0) is 24.4. The number of aromatic nitrogens is 1. The van der Waals surface area contributed by atoms with E-state index in [9.17, 15) is 9.59 Å². The molecule has 3 fully saturated rings. The fraction of sp³-hybridized carbons (Fsp3) is 0.591. The van der Waals surface area contributed by atoms with Gasteiger partial charge in [-0.25, -0.2) is 0 Å². The highest BCUT2D eigenvalue weighted by Gasteiger charge is 2.48. The second-order valence-corrected chi connectivity index (χ2v) is 7.96. The van der Waals surface area contributed by atoms with Crippen LogP contribution < -0.4 is 5.32 Å². The Morgan fingerprint density at radius 1 is 1.12 bits per heavy atom. The molecule has 4 rings (SSSR count). The Labute approximate surface area is 192 Å². The van der Waals surface area contributed by atoms with Gasteiger partial charge in [0, 0.05) is 51.9 Å². The summed E-state index contributed by atoms with van der Waals surface area (Å²) >= 11 is 0. The minimum atomic E-state index is -0.833. The van der Waals surface area contributed by atoms with E-state index >= 15 is 0 Å². The van der Waals surface area contributed by atoms with E-state index in [1.54, 1.807) is 12.4 Å². The van der Waals surface area contributed by atoms with E-state index in [0.717, 1.165) is 58.3 Å². The molecule has 1 aliphatic carbocycles. The molecule has 182 valence electrons. The van der Waals surface area contributed by atoms with Crippen molar-refractivity contribution in [3.63, 3.8) is 0 Å². The summed E-state index contributed by atoms with van der Waals surface area (Å²) in [5.74, 6) is -1.71. The minimum absolute atomic E-state index is 0.0179. The third-order valence-corrected chi connectivity index (χ3v) is 5.12. The first kappa shape index (κ1) is 26.2. The van der Waals surface area contributed by atoms with Crippen LogP contribution in [0.15, 0.2) is 24.5 Å². The number of rotatable bonds is 3. The van der Waals surface area contributed by atoms with Gasteiger partial charge in [0.2, 0.25) is 5.91 Å². The highest BCUT2D eigenvalue weighted by atomic mass is 16.5. The molecule has 0 spiro atoms. The van der Waals surface area contributed by atoms with Crippen LogP contribution in [0.2, 0.25) is 0 Å². The highest BCUT2D eigenvalue weighted by Crippen LogP contribution is 2.39. The van der Waals surface area contributed by atoms with Crippen molar-refractivity contribution < 1.29 is 34.1 Å². The maximum absolute atomic E-state index is 13.2. The predicted octanol–water partition coefficient (Wildman–Crippen LogP) is 0.516. The Morgan fingerprint density at radius 2 is 1.79 bits per heavy atom. The number of hydrogen-bond acceptors (Lipinski definition) is 7. The number of aliphatic carboxylic acids is 2.